The minimum Gasteiger partial charge on any atom is -0.369 e. The van der Waals surface area contributed by atoms with Gasteiger partial charge >= 0.3 is 0 Å². The fourth-order valence-corrected chi connectivity index (χ4v) is 5.31. The quantitative estimate of drug-likeness (QED) is 0.492. The molecule has 8 heteroatoms. The zero-order valence-electron chi connectivity index (χ0n) is 21.9. The van der Waals surface area contributed by atoms with Gasteiger partial charge in [0.1, 0.15) is 11.6 Å². The lowest BCUT2D eigenvalue weighted by molar-refractivity contribution is -0.123. The normalized spacial score (nSPS) is 16.6. The molecule has 5 rings (SSSR count). The lowest BCUT2D eigenvalue weighted by atomic mass is 9.87. The van der Waals surface area contributed by atoms with Gasteiger partial charge < -0.3 is 9.80 Å². The van der Waals surface area contributed by atoms with Crippen molar-refractivity contribution in [2.45, 2.75) is 46.0 Å². The molecule has 1 amide bonds. The molecule has 1 aliphatic heterocycles. The zero-order chi connectivity index (χ0) is 25.2. The zero-order valence-corrected chi connectivity index (χ0v) is 21.9. The number of hydrogen-bond acceptors (Lipinski definition) is 6. The lowest BCUT2D eigenvalue weighted by Gasteiger charge is -2.43. The number of pyridine rings is 2. The Bertz CT molecular complexity index is 1190. The van der Waals surface area contributed by atoms with Crippen LogP contribution in [0.2, 0.25) is 0 Å². The molecule has 0 aromatic carbocycles. The van der Waals surface area contributed by atoms with E-state index in [1.807, 2.05) is 73.0 Å². The Labute approximate surface area is 213 Å². The molecular formula is C28H37N7O. The van der Waals surface area contributed by atoms with Gasteiger partial charge in [0.15, 0.2) is 0 Å². The third-order valence-electron chi connectivity index (χ3n) is 7.36. The maximum Gasteiger partial charge on any atom is 0.231 e. The van der Waals surface area contributed by atoms with Crippen LogP contribution in [0.25, 0.3) is 5.69 Å². The smallest absolute Gasteiger partial charge is 0.231 e. The Balaban J connectivity index is 1.35. The van der Waals surface area contributed by atoms with Crippen LogP contribution in [0.1, 0.15) is 43.5 Å². The summed E-state index contributed by atoms with van der Waals surface area (Å²) in [5.41, 5.74) is 3.92. The molecule has 1 saturated heterocycles. The fraction of sp³-hybridized carbons (Fsp3) is 0.500. The van der Waals surface area contributed by atoms with Crippen molar-refractivity contribution in [1.82, 2.24) is 19.7 Å². The Hall–Kier alpha value is -3.42. The SMILES string of the molecule is Cc1cc(-n2ccc(C)n2)cc(N(CC2CN(c3ccc(N(C)C)nc3)C2)C(=O)C2CCCCC2)n1. The molecule has 190 valence electrons. The largest absolute Gasteiger partial charge is 0.369 e. The molecule has 36 heavy (non-hydrogen) atoms. The molecular weight excluding hydrogens is 450 g/mol. The first kappa shape index (κ1) is 24.3. The highest BCUT2D eigenvalue weighted by Crippen LogP contribution is 2.31. The van der Waals surface area contributed by atoms with Crippen LogP contribution in [0.3, 0.4) is 0 Å². The first-order valence-corrected chi connectivity index (χ1v) is 13.1. The molecule has 0 radical (unpaired) electrons. The molecule has 0 atom stereocenters. The van der Waals surface area contributed by atoms with Crippen LogP contribution in [0.4, 0.5) is 17.3 Å². The number of carbonyl (C=O) groups excluding carboxylic acids is 1. The van der Waals surface area contributed by atoms with Crippen molar-refractivity contribution in [2.24, 2.45) is 11.8 Å². The number of aryl methyl sites for hydroxylation is 2. The van der Waals surface area contributed by atoms with Crippen LogP contribution in [0, 0.1) is 25.7 Å². The Morgan fingerprint density at radius 2 is 1.75 bits per heavy atom. The number of anilines is 3. The highest BCUT2D eigenvalue weighted by atomic mass is 16.2. The standard InChI is InChI=1S/C28H37N7O/c1-20-12-13-35(31-20)25-14-21(2)30-27(15-25)34(28(36)23-8-6-5-7-9-23)19-22-17-33(18-22)24-10-11-26(29-16-24)32(3)4/h10-16,22-23H,5-9,17-19H2,1-4H3. The van der Waals surface area contributed by atoms with Crippen molar-refractivity contribution in [3.05, 3.63) is 54.1 Å². The van der Waals surface area contributed by atoms with E-state index >= 15 is 0 Å². The molecule has 0 spiro atoms. The van der Waals surface area contributed by atoms with Gasteiger partial charge in [-0.15, -0.1) is 0 Å². The van der Waals surface area contributed by atoms with E-state index in [4.69, 9.17) is 4.98 Å². The van der Waals surface area contributed by atoms with Crippen LogP contribution >= 0.6 is 0 Å². The summed E-state index contributed by atoms with van der Waals surface area (Å²) < 4.78 is 1.87. The molecule has 8 nitrogen and oxygen atoms in total. The molecule has 3 aromatic rings. The summed E-state index contributed by atoms with van der Waals surface area (Å²) in [5, 5.41) is 4.58. The first-order valence-electron chi connectivity index (χ1n) is 13.1. The fourth-order valence-electron chi connectivity index (χ4n) is 5.31. The van der Waals surface area contributed by atoms with E-state index in [0.717, 1.165) is 73.2 Å². The van der Waals surface area contributed by atoms with E-state index in [9.17, 15) is 4.79 Å². The number of nitrogens with zero attached hydrogens (tertiary/aromatic N) is 7. The van der Waals surface area contributed by atoms with Crippen molar-refractivity contribution in [3.8, 4) is 5.69 Å². The van der Waals surface area contributed by atoms with Gasteiger partial charge in [-0.1, -0.05) is 19.3 Å². The van der Waals surface area contributed by atoms with Gasteiger partial charge in [0.25, 0.3) is 0 Å². The number of aromatic nitrogens is 4. The van der Waals surface area contributed by atoms with Crippen LogP contribution in [-0.2, 0) is 4.79 Å². The average molecular weight is 488 g/mol. The van der Waals surface area contributed by atoms with Crippen molar-refractivity contribution in [1.29, 1.82) is 0 Å². The molecule has 4 heterocycles. The molecule has 2 fully saturated rings. The molecule has 0 unspecified atom stereocenters. The van der Waals surface area contributed by atoms with Crippen LogP contribution in [0.15, 0.2) is 42.7 Å². The molecule has 0 N–H and O–H groups in total. The highest BCUT2D eigenvalue weighted by Gasteiger charge is 2.34. The highest BCUT2D eigenvalue weighted by molar-refractivity contribution is 5.94. The molecule has 0 bridgehead atoms. The monoisotopic (exact) mass is 487 g/mol. The minimum absolute atomic E-state index is 0.0930. The molecule has 3 aromatic heterocycles. The van der Waals surface area contributed by atoms with Gasteiger partial charge in [-0.05, 0) is 51.0 Å². The third kappa shape index (κ3) is 5.22. The Morgan fingerprint density at radius 1 is 0.972 bits per heavy atom. The summed E-state index contributed by atoms with van der Waals surface area (Å²) in [7, 11) is 4.00. The van der Waals surface area contributed by atoms with E-state index in [-0.39, 0.29) is 11.8 Å². The number of hydrogen-bond donors (Lipinski definition) is 0. The summed E-state index contributed by atoms with van der Waals surface area (Å²) in [4.78, 5) is 29.5. The number of amides is 1. The van der Waals surface area contributed by atoms with Gasteiger partial charge in [-0.3, -0.25) is 9.69 Å². The molecule has 1 aliphatic carbocycles. The van der Waals surface area contributed by atoms with Gasteiger partial charge in [-0.2, -0.15) is 5.10 Å². The predicted molar refractivity (Wildman–Crippen MR) is 144 cm³/mol. The minimum atomic E-state index is 0.0930. The van der Waals surface area contributed by atoms with Gasteiger partial charge in [0, 0.05) is 63.5 Å². The average Bonchev–Trinajstić information content (AvgIpc) is 3.29. The van der Waals surface area contributed by atoms with Gasteiger partial charge in [0.2, 0.25) is 5.91 Å². The Kier molecular flexibility index (Phi) is 6.94. The van der Waals surface area contributed by atoms with Gasteiger partial charge in [0.05, 0.1) is 23.3 Å². The number of rotatable bonds is 7. The molecule has 1 saturated carbocycles. The summed E-state index contributed by atoms with van der Waals surface area (Å²) in [6.07, 6.45) is 9.36. The van der Waals surface area contributed by atoms with Crippen molar-refractivity contribution >= 4 is 23.2 Å². The van der Waals surface area contributed by atoms with Crippen LogP contribution < -0.4 is 14.7 Å². The second-order valence-electron chi connectivity index (χ2n) is 10.6. The van der Waals surface area contributed by atoms with Gasteiger partial charge in [-0.25, -0.2) is 14.6 Å². The van der Waals surface area contributed by atoms with E-state index in [1.54, 1.807) is 0 Å². The Morgan fingerprint density at radius 3 is 2.39 bits per heavy atom. The first-order chi connectivity index (χ1) is 17.4. The maximum absolute atomic E-state index is 13.8. The second-order valence-corrected chi connectivity index (χ2v) is 10.6. The van der Waals surface area contributed by atoms with Crippen molar-refractivity contribution < 1.29 is 4.79 Å². The van der Waals surface area contributed by atoms with E-state index < -0.39 is 0 Å². The third-order valence-corrected chi connectivity index (χ3v) is 7.36. The van der Waals surface area contributed by atoms with Crippen molar-refractivity contribution in [2.75, 3.05) is 48.4 Å². The maximum atomic E-state index is 13.8. The summed E-state index contributed by atoms with van der Waals surface area (Å²) in [6.45, 7) is 6.48. The van der Waals surface area contributed by atoms with E-state index in [0.29, 0.717) is 12.5 Å². The van der Waals surface area contributed by atoms with E-state index in [2.05, 4.69) is 27.1 Å². The van der Waals surface area contributed by atoms with E-state index in [1.165, 1.54) is 6.42 Å². The summed E-state index contributed by atoms with van der Waals surface area (Å²) >= 11 is 0. The summed E-state index contributed by atoms with van der Waals surface area (Å²) in [5.74, 6) is 2.41. The predicted octanol–water partition coefficient (Wildman–Crippen LogP) is 4.39. The van der Waals surface area contributed by atoms with Crippen molar-refractivity contribution in [3.63, 3.8) is 0 Å². The number of carbonyl (C=O) groups is 1. The van der Waals surface area contributed by atoms with Crippen LogP contribution in [-0.4, -0.2) is 59.4 Å². The summed E-state index contributed by atoms with van der Waals surface area (Å²) in [6, 6.07) is 10.2. The topological polar surface area (TPSA) is 70.4 Å². The molecule has 2 aliphatic rings. The second kappa shape index (κ2) is 10.3. The van der Waals surface area contributed by atoms with Crippen LogP contribution in [0.5, 0.6) is 0 Å². The lowest BCUT2D eigenvalue weighted by Crippen LogP contribution is -2.53.